The Labute approximate surface area is 49.3 Å². The highest BCUT2D eigenvalue weighted by Gasteiger charge is 2.17. The van der Waals surface area contributed by atoms with Crippen LogP contribution in [-0.2, 0) is 4.79 Å². The second kappa shape index (κ2) is 2.16. The fourth-order valence-electron chi connectivity index (χ4n) is 0.726. The van der Waals surface area contributed by atoms with Crippen LogP contribution < -0.4 is 5.32 Å². The number of nitrogens with one attached hydrogen (secondary N) is 1. The maximum absolute atomic E-state index is 10.3. The molecule has 1 radical (unpaired) electrons. The van der Waals surface area contributed by atoms with Crippen molar-refractivity contribution in [3.05, 3.63) is 6.42 Å². The summed E-state index contributed by atoms with van der Waals surface area (Å²) in [5.41, 5.74) is 0. The summed E-state index contributed by atoms with van der Waals surface area (Å²) in [5.74, 6) is 0.0750. The van der Waals surface area contributed by atoms with Gasteiger partial charge in [0, 0.05) is 13.0 Å². The van der Waals surface area contributed by atoms with Crippen molar-refractivity contribution < 1.29 is 4.79 Å². The molecule has 0 spiro atoms. The molecular formula is C6H10NO. The Balaban J connectivity index is 2.09. The fraction of sp³-hybridized carbons (Fsp3) is 0.667. The van der Waals surface area contributed by atoms with E-state index in [1.807, 2.05) is 0 Å². The third kappa shape index (κ3) is 1.22. The molecule has 0 saturated heterocycles. The standard InChI is InChI=1S/C6H10NO/c1-5(8)7-6-3-2-4-6/h3,6H,2,4H2,1H3,(H,7,8). The minimum atomic E-state index is 0.0750. The van der Waals surface area contributed by atoms with E-state index in [4.69, 9.17) is 0 Å². The zero-order valence-electron chi connectivity index (χ0n) is 4.98. The lowest BCUT2D eigenvalue weighted by atomic mass is 9.93. The van der Waals surface area contributed by atoms with Gasteiger partial charge in [-0.25, -0.2) is 0 Å². The highest BCUT2D eigenvalue weighted by atomic mass is 16.1. The molecule has 1 aliphatic rings. The Hall–Kier alpha value is -0.530. The van der Waals surface area contributed by atoms with E-state index in [-0.39, 0.29) is 5.91 Å². The molecule has 1 atom stereocenters. The summed E-state index contributed by atoms with van der Waals surface area (Å²) in [7, 11) is 0. The molecular weight excluding hydrogens is 102 g/mol. The molecule has 1 rings (SSSR count). The Morgan fingerprint density at radius 1 is 1.88 bits per heavy atom. The van der Waals surface area contributed by atoms with E-state index in [1.54, 1.807) is 6.92 Å². The smallest absolute Gasteiger partial charge is 0.217 e. The fourth-order valence-corrected chi connectivity index (χ4v) is 0.726. The Morgan fingerprint density at radius 3 is 2.62 bits per heavy atom. The van der Waals surface area contributed by atoms with Crippen molar-refractivity contribution in [3.63, 3.8) is 0 Å². The highest BCUT2D eigenvalue weighted by molar-refractivity contribution is 5.73. The molecule has 1 fully saturated rings. The molecule has 8 heavy (non-hydrogen) atoms. The van der Waals surface area contributed by atoms with E-state index >= 15 is 0 Å². The number of hydrogen-bond donors (Lipinski definition) is 1. The van der Waals surface area contributed by atoms with E-state index in [0.717, 1.165) is 12.8 Å². The van der Waals surface area contributed by atoms with Crippen molar-refractivity contribution in [3.8, 4) is 0 Å². The second-order valence-electron chi connectivity index (χ2n) is 2.12. The van der Waals surface area contributed by atoms with Crippen LogP contribution in [0, 0.1) is 6.42 Å². The van der Waals surface area contributed by atoms with Gasteiger partial charge in [-0.05, 0) is 19.3 Å². The lowest BCUT2D eigenvalue weighted by Gasteiger charge is -2.24. The number of hydrogen-bond acceptors (Lipinski definition) is 1. The van der Waals surface area contributed by atoms with Crippen LogP contribution in [0.15, 0.2) is 0 Å². The SMILES string of the molecule is CC(=O)NC1[CH]CC1. The van der Waals surface area contributed by atoms with E-state index < -0.39 is 0 Å². The maximum atomic E-state index is 10.3. The van der Waals surface area contributed by atoms with Crippen LogP contribution in [0.4, 0.5) is 0 Å². The number of carbonyl (C=O) groups excluding carboxylic acids is 1. The molecule has 2 nitrogen and oxygen atoms in total. The first-order valence-corrected chi connectivity index (χ1v) is 2.89. The van der Waals surface area contributed by atoms with Crippen molar-refractivity contribution in [1.29, 1.82) is 0 Å². The molecule has 1 saturated carbocycles. The lowest BCUT2D eigenvalue weighted by molar-refractivity contribution is -0.119. The Kier molecular flexibility index (Phi) is 1.51. The molecule has 2 heteroatoms. The van der Waals surface area contributed by atoms with Crippen LogP contribution in [0.25, 0.3) is 0 Å². The van der Waals surface area contributed by atoms with Gasteiger partial charge < -0.3 is 5.32 Å². The van der Waals surface area contributed by atoms with E-state index in [2.05, 4.69) is 11.7 Å². The van der Waals surface area contributed by atoms with Crippen molar-refractivity contribution in [2.45, 2.75) is 25.8 Å². The van der Waals surface area contributed by atoms with Gasteiger partial charge in [0.2, 0.25) is 5.91 Å². The van der Waals surface area contributed by atoms with Crippen molar-refractivity contribution in [2.75, 3.05) is 0 Å². The average Bonchev–Trinajstić information content (AvgIpc) is 1.55. The van der Waals surface area contributed by atoms with E-state index in [0.29, 0.717) is 6.04 Å². The summed E-state index contributed by atoms with van der Waals surface area (Å²) in [4.78, 5) is 10.3. The molecule has 1 aliphatic carbocycles. The molecule has 0 heterocycles. The lowest BCUT2D eigenvalue weighted by Crippen LogP contribution is -2.38. The van der Waals surface area contributed by atoms with Gasteiger partial charge in [0.25, 0.3) is 0 Å². The van der Waals surface area contributed by atoms with Gasteiger partial charge >= 0.3 is 0 Å². The first kappa shape index (κ1) is 5.60. The highest BCUT2D eigenvalue weighted by Crippen LogP contribution is 2.15. The van der Waals surface area contributed by atoms with Crippen LogP contribution in [0.2, 0.25) is 0 Å². The van der Waals surface area contributed by atoms with Gasteiger partial charge in [-0.2, -0.15) is 0 Å². The zero-order valence-corrected chi connectivity index (χ0v) is 4.98. The van der Waals surface area contributed by atoms with Gasteiger partial charge in [-0.1, -0.05) is 0 Å². The monoisotopic (exact) mass is 112 g/mol. The topological polar surface area (TPSA) is 29.1 Å². The predicted octanol–water partition coefficient (Wildman–Crippen LogP) is 0.489. The molecule has 0 bridgehead atoms. The summed E-state index contributed by atoms with van der Waals surface area (Å²) in [6.07, 6.45) is 4.39. The van der Waals surface area contributed by atoms with Gasteiger partial charge in [0.15, 0.2) is 0 Å². The van der Waals surface area contributed by atoms with Crippen molar-refractivity contribution in [1.82, 2.24) is 5.32 Å². The minimum absolute atomic E-state index is 0.0750. The van der Waals surface area contributed by atoms with E-state index in [9.17, 15) is 4.79 Å². The van der Waals surface area contributed by atoms with Gasteiger partial charge in [0.1, 0.15) is 0 Å². The molecule has 0 aromatic rings. The van der Waals surface area contributed by atoms with Crippen molar-refractivity contribution in [2.24, 2.45) is 0 Å². The first-order chi connectivity index (χ1) is 3.79. The van der Waals surface area contributed by atoms with Gasteiger partial charge in [0.05, 0.1) is 0 Å². The molecule has 1 amide bonds. The third-order valence-electron chi connectivity index (χ3n) is 1.32. The van der Waals surface area contributed by atoms with Gasteiger partial charge in [-0.3, -0.25) is 4.79 Å². The van der Waals surface area contributed by atoms with Crippen LogP contribution in [0.3, 0.4) is 0 Å². The largest absolute Gasteiger partial charge is 0.353 e. The molecule has 0 aliphatic heterocycles. The Morgan fingerprint density at radius 2 is 2.50 bits per heavy atom. The average molecular weight is 112 g/mol. The molecule has 0 aromatic carbocycles. The molecule has 1 unspecified atom stereocenters. The minimum Gasteiger partial charge on any atom is -0.353 e. The van der Waals surface area contributed by atoms with Crippen LogP contribution in [0.5, 0.6) is 0 Å². The number of rotatable bonds is 1. The summed E-state index contributed by atoms with van der Waals surface area (Å²) < 4.78 is 0. The summed E-state index contributed by atoms with van der Waals surface area (Å²) in [6, 6.07) is 0.382. The van der Waals surface area contributed by atoms with E-state index in [1.165, 1.54) is 0 Å². The summed E-state index contributed by atoms with van der Waals surface area (Å²) in [6.45, 7) is 1.55. The Bertz CT molecular complexity index is 96.7. The number of carbonyl (C=O) groups is 1. The first-order valence-electron chi connectivity index (χ1n) is 2.89. The van der Waals surface area contributed by atoms with Gasteiger partial charge in [-0.15, -0.1) is 0 Å². The molecule has 0 aromatic heterocycles. The van der Waals surface area contributed by atoms with Crippen LogP contribution >= 0.6 is 0 Å². The normalized spacial score (nSPS) is 19.6. The summed E-state index contributed by atoms with van der Waals surface area (Å²) in [5, 5.41) is 2.78. The second-order valence-corrected chi connectivity index (χ2v) is 2.12. The van der Waals surface area contributed by atoms with Crippen molar-refractivity contribution >= 4 is 5.91 Å². The zero-order chi connectivity index (χ0) is 5.98. The number of amides is 1. The molecule has 45 valence electrons. The maximum Gasteiger partial charge on any atom is 0.217 e. The molecule has 1 N–H and O–H groups in total. The predicted molar refractivity (Wildman–Crippen MR) is 31.1 cm³/mol. The van der Waals surface area contributed by atoms with Crippen LogP contribution in [-0.4, -0.2) is 11.9 Å². The quantitative estimate of drug-likeness (QED) is 0.525. The van der Waals surface area contributed by atoms with Crippen LogP contribution in [0.1, 0.15) is 19.8 Å². The summed E-state index contributed by atoms with van der Waals surface area (Å²) >= 11 is 0. The third-order valence-corrected chi connectivity index (χ3v) is 1.32.